The predicted molar refractivity (Wildman–Crippen MR) is 81.6 cm³/mol. The fraction of sp³-hybridized carbons (Fsp3) is 0.0714. The quantitative estimate of drug-likeness (QED) is 0.382. The highest BCUT2D eigenvalue weighted by atomic mass is 16.6. The van der Waals surface area contributed by atoms with Gasteiger partial charge in [0.15, 0.2) is 0 Å². The normalized spacial score (nSPS) is 10.0. The third-order valence-electron chi connectivity index (χ3n) is 3.10. The number of imide groups is 1. The number of rotatable bonds is 3. The summed E-state index contributed by atoms with van der Waals surface area (Å²) in [6.45, 7) is 1.62. The molecule has 0 fully saturated rings. The number of non-ortho nitro benzene ring substituents is 1. The molecular weight excluding hydrogens is 302 g/mol. The number of aryl methyl sites for hydroxylation is 1. The van der Waals surface area contributed by atoms with Gasteiger partial charge in [-0.3, -0.25) is 25.3 Å². The monoisotopic (exact) mass is 315 g/mol. The maximum absolute atomic E-state index is 12.6. The van der Waals surface area contributed by atoms with Gasteiger partial charge >= 0.3 is 6.03 Å². The summed E-state index contributed by atoms with van der Waals surface area (Å²) in [5, 5.41) is 10.9. The van der Waals surface area contributed by atoms with Gasteiger partial charge in [-0.25, -0.2) is 15.5 Å². The van der Waals surface area contributed by atoms with Crippen molar-refractivity contribution in [2.75, 3.05) is 4.90 Å². The molecule has 1 aromatic heterocycles. The Morgan fingerprint density at radius 3 is 2.48 bits per heavy atom. The average molecular weight is 315 g/mol. The van der Waals surface area contributed by atoms with Crippen LogP contribution in [0.15, 0.2) is 42.7 Å². The topological polar surface area (TPSA) is 131 Å². The minimum atomic E-state index is -0.907. The van der Waals surface area contributed by atoms with Crippen molar-refractivity contribution >= 4 is 23.3 Å². The molecule has 9 nitrogen and oxygen atoms in total. The second-order valence-electron chi connectivity index (χ2n) is 4.55. The third-order valence-corrected chi connectivity index (χ3v) is 3.10. The van der Waals surface area contributed by atoms with Crippen LogP contribution in [0.4, 0.5) is 16.2 Å². The van der Waals surface area contributed by atoms with E-state index in [1.807, 2.05) is 5.43 Å². The highest BCUT2D eigenvalue weighted by molar-refractivity contribution is 6.20. The Labute approximate surface area is 130 Å². The first-order valence-corrected chi connectivity index (χ1v) is 6.45. The average Bonchev–Trinajstić information content (AvgIpc) is 2.56. The Kier molecular flexibility index (Phi) is 4.62. The highest BCUT2D eigenvalue weighted by Gasteiger charge is 2.27. The fourth-order valence-corrected chi connectivity index (χ4v) is 1.95. The largest absolute Gasteiger partial charge is 0.343 e. The van der Waals surface area contributed by atoms with Crippen LogP contribution in [0.25, 0.3) is 0 Å². The maximum atomic E-state index is 12.6. The summed E-state index contributed by atoms with van der Waals surface area (Å²) in [6, 6.07) is 5.81. The van der Waals surface area contributed by atoms with Crippen molar-refractivity contribution in [2.24, 2.45) is 5.84 Å². The summed E-state index contributed by atoms with van der Waals surface area (Å²) in [6.07, 6.45) is 2.79. The van der Waals surface area contributed by atoms with Crippen molar-refractivity contribution in [1.29, 1.82) is 0 Å². The number of hydrogen-bond acceptors (Lipinski definition) is 6. The number of pyridine rings is 1. The Morgan fingerprint density at radius 1 is 1.26 bits per heavy atom. The third kappa shape index (κ3) is 3.30. The first kappa shape index (κ1) is 16.0. The number of carbonyl (C=O) groups is 2. The number of benzene rings is 1. The molecule has 0 unspecified atom stereocenters. The van der Waals surface area contributed by atoms with Crippen molar-refractivity contribution in [1.82, 2.24) is 10.4 Å². The number of hydrazine groups is 1. The highest BCUT2D eigenvalue weighted by Crippen LogP contribution is 2.27. The van der Waals surface area contributed by atoms with E-state index in [1.165, 1.54) is 36.7 Å². The van der Waals surface area contributed by atoms with Crippen LogP contribution in [0.1, 0.15) is 15.9 Å². The van der Waals surface area contributed by atoms with Crippen molar-refractivity contribution in [2.45, 2.75) is 6.92 Å². The molecule has 118 valence electrons. The number of nitrogens with two attached hydrogens (primary N) is 1. The molecule has 2 aromatic rings. The zero-order valence-corrected chi connectivity index (χ0v) is 12.1. The molecule has 0 saturated heterocycles. The molecule has 0 bridgehead atoms. The lowest BCUT2D eigenvalue weighted by molar-refractivity contribution is -0.384. The predicted octanol–water partition coefficient (Wildman–Crippen LogP) is 1.53. The van der Waals surface area contributed by atoms with Gasteiger partial charge in [0.2, 0.25) is 0 Å². The number of carbonyl (C=O) groups excluding carboxylic acids is 2. The molecule has 0 saturated carbocycles. The van der Waals surface area contributed by atoms with E-state index < -0.39 is 16.9 Å². The first-order chi connectivity index (χ1) is 11.0. The molecular formula is C14H13N5O4. The molecule has 0 radical (unpaired) electrons. The molecule has 9 heteroatoms. The number of nitro groups is 1. The van der Waals surface area contributed by atoms with Crippen LogP contribution in [-0.4, -0.2) is 21.8 Å². The number of aromatic nitrogens is 1. The van der Waals surface area contributed by atoms with Crippen LogP contribution in [0.5, 0.6) is 0 Å². The van der Waals surface area contributed by atoms with Gasteiger partial charge in [0.25, 0.3) is 11.6 Å². The van der Waals surface area contributed by atoms with E-state index in [2.05, 4.69) is 4.98 Å². The summed E-state index contributed by atoms with van der Waals surface area (Å²) in [5.41, 5.74) is 2.39. The van der Waals surface area contributed by atoms with E-state index in [0.29, 0.717) is 5.56 Å². The second kappa shape index (κ2) is 6.62. The van der Waals surface area contributed by atoms with Crippen molar-refractivity contribution in [3.63, 3.8) is 0 Å². The van der Waals surface area contributed by atoms with Crippen LogP contribution < -0.4 is 16.2 Å². The van der Waals surface area contributed by atoms with Crippen LogP contribution in [0, 0.1) is 17.0 Å². The van der Waals surface area contributed by atoms with E-state index in [4.69, 9.17) is 5.84 Å². The van der Waals surface area contributed by atoms with Crippen LogP contribution >= 0.6 is 0 Å². The summed E-state index contributed by atoms with van der Waals surface area (Å²) >= 11 is 0. The molecule has 0 atom stereocenters. The van der Waals surface area contributed by atoms with Gasteiger partial charge < -0.3 is 0 Å². The number of nitrogens with one attached hydrogen (secondary N) is 1. The summed E-state index contributed by atoms with van der Waals surface area (Å²) < 4.78 is 0. The molecule has 2 rings (SSSR count). The molecule has 23 heavy (non-hydrogen) atoms. The zero-order valence-electron chi connectivity index (χ0n) is 12.1. The van der Waals surface area contributed by atoms with Gasteiger partial charge in [0.05, 0.1) is 10.6 Å². The number of urea groups is 1. The standard InChI is InChI=1S/C14H13N5O4/c1-9-2-3-11(19(22)23)8-12(9)18(14(21)17-15)13(20)10-4-6-16-7-5-10/h2-8H,15H2,1H3,(H,17,21). The Morgan fingerprint density at radius 2 is 1.91 bits per heavy atom. The number of anilines is 1. The lowest BCUT2D eigenvalue weighted by Gasteiger charge is -2.21. The van der Waals surface area contributed by atoms with E-state index in [-0.39, 0.29) is 16.9 Å². The Bertz CT molecular complexity index is 763. The van der Waals surface area contributed by atoms with Gasteiger partial charge in [-0.15, -0.1) is 0 Å². The van der Waals surface area contributed by atoms with Crippen LogP contribution in [0.3, 0.4) is 0 Å². The Balaban J connectivity index is 2.56. The van der Waals surface area contributed by atoms with Crippen molar-refractivity contribution in [3.05, 3.63) is 64.0 Å². The summed E-state index contributed by atoms with van der Waals surface area (Å²) in [5.74, 6) is 4.45. The molecule has 0 spiro atoms. The Hall–Kier alpha value is -3.33. The summed E-state index contributed by atoms with van der Waals surface area (Å²) in [7, 11) is 0. The minimum Gasteiger partial charge on any atom is -0.275 e. The van der Waals surface area contributed by atoms with Crippen LogP contribution in [-0.2, 0) is 0 Å². The zero-order chi connectivity index (χ0) is 17.0. The van der Waals surface area contributed by atoms with Gasteiger partial charge in [0, 0.05) is 30.1 Å². The lowest BCUT2D eigenvalue weighted by Crippen LogP contribution is -2.47. The lowest BCUT2D eigenvalue weighted by atomic mass is 10.1. The molecule has 0 aliphatic carbocycles. The van der Waals surface area contributed by atoms with Gasteiger partial charge in [-0.1, -0.05) is 6.07 Å². The van der Waals surface area contributed by atoms with E-state index in [1.54, 1.807) is 6.92 Å². The minimum absolute atomic E-state index is 0.0731. The fourth-order valence-electron chi connectivity index (χ4n) is 1.95. The van der Waals surface area contributed by atoms with Gasteiger partial charge in [-0.05, 0) is 24.6 Å². The molecule has 1 heterocycles. The number of nitro benzene ring substituents is 1. The molecule has 3 amide bonds. The molecule has 0 aliphatic heterocycles. The van der Waals surface area contributed by atoms with E-state index in [9.17, 15) is 19.7 Å². The molecule has 1 aromatic carbocycles. The van der Waals surface area contributed by atoms with Gasteiger partial charge in [-0.2, -0.15) is 0 Å². The second-order valence-corrected chi connectivity index (χ2v) is 4.55. The molecule has 0 aliphatic rings. The van der Waals surface area contributed by atoms with E-state index in [0.717, 1.165) is 11.0 Å². The van der Waals surface area contributed by atoms with Gasteiger partial charge in [0.1, 0.15) is 0 Å². The summed E-state index contributed by atoms with van der Waals surface area (Å²) in [4.78, 5) is 39.5. The smallest absolute Gasteiger partial charge is 0.275 e. The van der Waals surface area contributed by atoms with Crippen LogP contribution in [0.2, 0.25) is 0 Å². The van der Waals surface area contributed by atoms with Crippen molar-refractivity contribution < 1.29 is 14.5 Å². The van der Waals surface area contributed by atoms with Crippen molar-refractivity contribution in [3.8, 4) is 0 Å². The SMILES string of the molecule is Cc1ccc([N+](=O)[O-])cc1N(C(=O)NN)C(=O)c1ccncc1. The first-order valence-electron chi connectivity index (χ1n) is 6.45. The van der Waals surface area contributed by atoms with E-state index >= 15 is 0 Å². The number of amides is 3. The molecule has 3 N–H and O–H groups in total. The number of nitrogens with zero attached hydrogens (tertiary/aromatic N) is 3. The maximum Gasteiger partial charge on any atom is 0.343 e. The number of hydrogen-bond donors (Lipinski definition) is 2.